The molecule has 128 valence electrons. The van der Waals surface area contributed by atoms with Crippen LogP contribution in [0.15, 0.2) is 18.2 Å². The normalized spacial score (nSPS) is 11.9. The first-order chi connectivity index (χ1) is 10.8. The lowest BCUT2D eigenvalue weighted by molar-refractivity contribution is -0.123. The molecule has 2 N–H and O–H groups in total. The number of anilines is 1. The van der Waals surface area contributed by atoms with Crippen LogP contribution in [0.5, 0.6) is 5.75 Å². The fourth-order valence-corrected chi connectivity index (χ4v) is 2.11. The monoisotopic (exact) mass is 341 g/mol. The highest BCUT2D eigenvalue weighted by Gasteiger charge is 2.14. The third kappa shape index (κ3) is 6.88. The quantitative estimate of drug-likeness (QED) is 0.760. The highest BCUT2D eigenvalue weighted by atomic mass is 35.5. The number of amides is 2. The summed E-state index contributed by atoms with van der Waals surface area (Å²) in [4.78, 5) is 25.5. The number of carbonyl (C=O) groups excluding carboxylic acids is 2. The van der Waals surface area contributed by atoms with Crippen LogP contribution in [-0.2, 0) is 9.59 Å². The van der Waals surface area contributed by atoms with Crippen LogP contribution < -0.4 is 15.4 Å². The Morgan fingerprint density at radius 3 is 2.57 bits per heavy atom. The summed E-state index contributed by atoms with van der Waals surface area (Å²) in [6, 6.07) is 5.11. The first-order valence-electron chi connectivity index (χ1n) is 7.47. The SMILES string of the molecule is CC[C@H](C)NC(=O)CN(C)CC(=O)Nc1cc(Cl)ccc1OC. The van der Waals surface area contributed by atoms with Crippen LogP contribution in [0.25, 0.3) is 0 Å². The summed E-state index contributed by atoms with van der Waals surface area (Å²) in [6.07, 6.45) is 0.866. The zero-order valence-electron chi connectivity index (χ0n) is 14.0. The second kappa shape index (κ2) is 9.37. The smallest absolute Gasteiger partial charge is 0.238 e. The van der Waals surface area contributed by atoms with Crippen LogP contribution in [0.1, 0.15) is 20.3 Å². The third-order valence-corrected chi connectivity index (χ3v) is 3.52. The predicted octanol–water partition coefficient (Wildman–Crippen LogP) is 2.13. The number of methoxy groups -OCH3 is 1. The fraction of sp³-hybridized carbons (Fsp3) is 0.500. The lowest BCUT2D eigenvalue weighted by Crippen LogP contribution is -2.41. The largest absolute Gasteiger partial charge is 0.495 e. The maximum absolute atomic E-state index is 12.1. The lowest BCUT2D eigenvalue weighted by Gasteiger charge is -2.18. The van der Waals surface area contributed by atoms with E-state index in [9.17, 15) is 9.59 Å². The third-order valence-electron chi connectivity index (χ3n) is 3.28. The molecule has 0 aromatic heterocycles. The summed E-state index contributed by atoms with van der Waals surface area (Å²) in [5.74, 6) is 0.180. The van der Waals surface area contributed by atoms with Crippen molar-refractivity contribution in [3.8, 4) is 5.75 Å². The molecule has 1 aromatic carbocycles. The van der Waals surface area contributed by atoms with Crippen LogP contribution in [0, 0.1) is 0 Å². The number of carbonyl (C=O) groups is 2. The van der Waals surface area contributed by atoms with Crippen molar-refractivity contribution < 1.29 is 14.3 Å². The minimum absolute atomic E-state index is 0.0869. The van der Waals surface area contributed by atoms with Crippen LogP contribution >= 0.6 is 11.6 Å². The van der Waals surface area contributed by atoms with E-state index in [4.69, 9.17) is 16.3 Å². The van der Waals surface area contributed by atoms with Crippen LogP contribution in [0.2, 0.25) is 5.02 Å². The lowest BCUT2D eigenvalue weighted by atomic mass is 10.2. The Bertz CT molecular complexity index is 551. The Morgan fingerprint density at radius 1 is 1.30 bits per heavy atom. The summed E-state index contributed by atoms with van der Waals surface area (Å²) in [6.45, 7) is 4.19. The minimum Gasteiger partial charge on any atom is -0.495 e. The molecular weight excluding hydrogens is 318 g/mol. The first kappa shape index (κ1) is 19.3. The van der Waals surface area contributed by atoms with Gasteiger partial charge in [0.2, 0.25) is 11.8 Å². The second-order valence-corrected chi connectivity index (χ2v) is 5.88. The van der Waals surface area contributed by atoms with Gasteiger partial charge < -0.3 is 15.4 Å². The van der Waals surface area contributed by atoms with Gasteiger partial charge in [0.25, 0.3) is 0 Å². The molecule has 0 aliphatic rings. The standard InChI is InChI=1S/C16H24ClN3O3/c1-5-11(2)18-15(21)9-20(3)10-16(22)19-13-8-12(17)6-7-14(13)23-4/h6-8,11H,5,9-10H2,1-4H3,(H,18,21)(H,19,22)/t11-/m0/s1. The second-order valence-electron chi connectivity index (χ2n) is 5.44. The molecule has 0 spiro atoms. The molecule has 1 atom stereocenters. The topological polar surface area (TPSA) is 70.7 Å². The molecule has 6 nitrogen and oxygen atoms in total. The van der Waals surface area contributed by atoms with E-state index in [0.717, 1.165) is 6.42 Å². The molecule has 0 radical (unpaired) electrons. The van der Waals surface area contributed by atoms with Crippen molar-refractivity contribution in [2.45, 2.75) is 26.3 Å². The van der Waals surface area contributed by atoms with Gasteiger partial charge in [-0.05, 0) is 38.6 Å². The molecule has 0 saturated heterocycles. The molecular formula is C16H24ClN3O3. The van der Waals surface area contributed by atoms with Gasteiger partial charge in [0, 0.05) is 11.1 Å². The van der Waals surface area contributed by atoms with Crippen molar-refractivity contribution in [2.75, 3.05) is 32.6 Å². The highest BCUT2D eigenvalue weighted by molar-refractivity contribution is 6.31. The molecule has 0 aliphatic heterocycles. The number of benzene rings is 1. The van der Waals surface area contributed by atoms with Crippen LogP contribution in [0.4, 0.5) is 5.69 Å². The number of hydrogen-bond acceptors (Lipinski definition) is 4. The molecule has 1 aromatic rings. The maximum Gasteiger partial charge on any atom is 0.238 e. The molecule has 0 aliphatic carbocycles. The molecule has 0 heterocycles. The average molecular weight is 342 g/mol. The van der Waals surface area contributed by atoms with Crippen molar-refractivity contribution >= 4 is 29.1 Å². The van der Waals surface area contributed by atoms with Crippen molar-refractivity contribution in [3.05, 3.63) is 23.2 Å². The summed E-state index contributed by atoms with van der Waals surface area (Å²) < 4.78 is 5.18. The molecule has 1 rings (SSSR count). The van der Waals surface area contributed by atoms with E-state index >= 15 is 0 Å². The van der Waals surface area contributed by atoms with E-state index in [1.165, 1.54) is 7.11 Å². The Labute approximate surface area is 142 Å². The molecule has 23 heavy (non-hydrogen) atoms. The summed E-state index contributed by atoms with van der Waals surface area (Å²) in [5, 5.41) is 6.10. The maximum atomic E-state index is 12.1. The number of likely N-dealkylation sites (N-methyl/N-ethyl adjacent to an activating group) is 1. The van der Waals surface area contributed by atoms with Gasteiger partial charge in [-0.25, -0.2) is 0 Å². The van der Waals surface area contributed by atoms with Gasteiger partial charge in [-0.2, -0.15) is 0 Å². The average Bonchev–Trinajstić information content (AvgIpc) is 2.46. The molecule has 0 unspecified atom stereocenters. The first-order valence-corrected chi connectivity index (χ1v) is 7.84. The van der Waals surface area contributed by atoms with E-state index in [-0.39, 0.29) is 30.9 Å². The van der Waals surface area contributed by atoms with E-state index in [1.54, 1.807) is 30.1 Å². The van der Waals surface area contributed by atoms with Gasteiger partial charge in [0.05, 0.1) is 25.9 Å². The predicted molar refractivity (Wildman–Crippen MR) is 92.0 cm³/mol. The Morgan fingerprint density at radius 2 is 1.96 bits per heavy atom. The summed E-state index contributed by atoms with van der Waals surface area (Å²) in [5.41, 5.74) is 0.502. The van der Waals surface area contributed by atoms with Gasteiger partial charge in [0.15, 0.2) is 0 Å². The summed E-state index contributed by atoms with van der Waals surface area (Å²) in [7, 11) is 3.23. The van der Waals surface area contributed by atoms with Crippen molar-refractivity contribution in [1.29, 1.82) is 0 Å². The van der Waals surface area contributed by atoms with Crippen LogP contribution in [0.3, 0.4) is 0 Å². The fourth-order valence-electron chi connectivity index (χ4n) is 1.94. The molecule has 0 saturated carbocycles. The number of hydrogen-bond donors (Lipinski definition) is 2. The van der Waals surface area contributed by atoms with Gasteiger partial charge in [-0.3, -0.25) is 14.5 Å². The van der Waals surface area contributed by atoms with E-state index in [1.807, 2.05) is 13.8 Å². The zero-order valence-corrected chi connectivity index (χ0v) is 14.7. The molecule has 7 heteroatoms. The Balaban J connectivity index is 2.53. The molecule has 2 amide bonds. The minimum atomic E-state index is -0.246. The van der Waals surface area contributed by atoms with Crippen molar-refractivity contribution in [1.82, 2.24) is 10.2 Å². The molecule has 0 bridgehead atoms. The van der Waals surface area contributed by atoms with Crippen molar-refractivity contribution in [2.24, 2.45) is 0 Å². The van der Waals surface area contributed by atoms with E-state index < -0.39 is 0 Å². The number of halogens is 1. The Kier molecular flexibility index (Phi) is 7.85. The number of nitrogens with zero attached hydrogens (tertiary/aromatic N) is 1. The van der Waals surface area contributed by atoms with Crippen molar-refractivity contribution in [3.63, 3.8) is 0 Å². The zero-order chi connectivity index (χ0) is 17.4. The van der Waals surface area contributed by atoms with Gasteiger partial charge >= 0.3 is 0 Å². The number of rotatable bonds is 8. The van der Waals surface area contributed by atoms with Gasteiger partial charge in [0.1, 0.15) is 5.75 Å². The number of nitrogens with one attached hydrogen (secondary N) is 2. The van der Waals surface area contributed by atoms with E-state index in [0.29, 0.717) is 16.5 Å². The highest BCUT2D eigenvalue weighted by Crippen LogP contribution is 2.27. The Hall–Kier alpha value is -1.79. The molecule has 0 fully saturated rings. The number of ether oxygens (including phenoxy) is 1. The van der Waals surface area contributed by atoms with Gasteiger partial charge in [-0.1, -0.05) is 18.5 Å². The van der Waals surface area contributed by atoms with Gasteiger partial charge in [-0.15, -0.1) is 0 Å². The van der Waals surface area contributed by atoms with Crippen LogP contribution in [-0.4, -0.2) is 50.0 Å². The van der Waals surface area contributed by atoms with E-state index in [2.05, 4.69) is 10.6 Å². The summed E-state index contributed by atoms with van der Waals surface area (Å²) >= 11 is 5.92.